The van der Waals surface area contributed by atoms with Crippen molar-refractivity contribution in [3.05, 3.63) is 28.2 Å². The Morgan fingerprint density at radius 1 is 1.53 bits per heavy atom. The van der Waals surface area contributed by atoms with Crippen LogP contribution in [0.4, 0.5) is 0 Å². The molecule has 0 bridgehead atoms. The van der Waals surface area contributed by atoms with E-state index in [-0.39, 0.29) is 6.42 Å². The van der Waals surface area contributed by atoms with Gasteiger partial charge in [-0.2, -0.15) is 0 Å². The van der Waals surface area contributed by atoms with Gasteiger partial charge in [-0.3, -0.25) is 4.79 Å². The number of thiazole rings is 1. The van der Waals surface area contributed by atoms with Gasteiger partial charge in [0, 0.05) is 6.42 Å². The number of H-pyrrole nitrogens is 1. The monoisotopic (exact) mass is 241 g/mol. The van der Waals surface area contributed by atoms with E-state index in [1.54, 1.807) is 18.3 Å². The first-order chi connectivity index (χ1) is 7.13. The van der Waals surface area contributed by atoms with Crippen LogP contribution in [0.3, 0.4) is 0 Å². The Bertz CT molecular complexity index is 465. The Morgan fingerprint density at radius 2 is 2.13 bits per heavy atom. The molecule has 1 aromatic heterocycles. The van der Waals surface area contributed by atoms with Crippen molar-refractivity contribution in [3.8, 4) is 0 Å². The average Bonchev–Trinajstić information content (AvgIpc) is 2.58. The van der Waals surface area contributed by atoms with Crippen molar-refractivity contribution in [1.82, 2.24) is 4.98 Å². The summed E-state index contributed by atoms with van der Waals surface area (Å²) in [4.78, 5) is 12.5. The zero-order valence-corrected chi connectivity index (χ0v) is 9.82. The second kappa shape index (κ2) is 5.63. The van der Waals surface area contributed by atoms with Crippen molar-refractivity contribution in [1.29, 1.82) is 0 Å². The minimum absolute atomic E-state index is 0.222. The Hall–Kier alpha value is -1.20. The lowest BCUT2D eigenvalue weighted by Crippen LogP contribution is -1.86. The van der Waals surface area contributed by atoms with Crippen molar-refractivity contribution >= 4 is 39.7 Å². The molecule has 0 spiro atoms. The summed E-state index contributed by atoms with van der Waals surface area (Å²) < 4.78 is 2.08. The molecule has 1 aromatic carbocycles. The van der Waals surface area contributed by atoms with E-state index in [0.717, 1.165) is 9.47 Å². The first-order valence-corrected chi connectivity index (χ1v) is 5.65. The average molecular weight is 241 g/mol. The van der Waals surface area contributed by atoms with Crippen molar-refractivity contribution < 1.29 is 9.90 Å². The predicted molar refractivity (Wildman–Crippen MR) is 64.9 cm³/mol. The maximum atomic E-state index is 9.37. The number of carboxylic acids is 1. The largest absolute Gasteiger partial charge is 0.481 e. The number of hydrogen-bond donors (Lipinski definition) is 2. The lowest BCUT2D eigenvalue weighted by atomic mass is 10.3. The van der Waals surface area contributed by atoms with Crippen LogP contribution in [-0.4, -0.2) is 16.1 Å². The van der Waals surface area contributed by atoms with E-state index >= 15 is 0 Å². The smallest absolute Gasteiger partial charge is 0.303 e. The molecule has 0 unspecified atom stereocenters. The van der Waals surface area contributed by atoms with Gasteiger partial charge in [0.25, 0.3) is 0 Å². The van der Waals surface area contributed by atoms with Crippen LogP contribution >= 0.6 is 23.6 Å². The molecule has 5 heteroatoms. The standard InChI is InChI=1S/C7H5NS2.C3H6O2/c9-7-8-5-3-1-2-4-6(5)10-7;1-2-3(4)5/h1-4H,(H,8,9);2H2,1H3,(H,4,5). The lowest BCUT2D eigenvalue weighted by molar-refractivity contribution is -0.136. The minimum Gasteiger partial charge on any atom is -0.481 e. The summed E-state index contributed by atoms with van der Waals surface area (Å²) in [6.45, 7) is 1.60. The highest BCUT2D eigenvalue weighted by molar-refractivity contribution is 7.73. The van der Waals surface area contributed by atoms with E-state index in [2.05, 4.69) is 11.1 Å². The molecule has 0 radical (unpaired) electrons. The zero-order valence-electron chi connectivity index (χ0n) is 8.19. The highest BCUT2D eigenvalue weighted by atomic mass is 32.1. The maximum Gasteiger partial charge on any atom is 0.303 e. The number of para-hydroxylation sites is 1. The van der Waals surface area contributed by atoms with Crippen LogP contribution in [0.25, 0.3) is 10.2 Å². The molecule has 0 saturated heterocycles. The zero-order chi connectivity index (χ0) is 11.3. The highest BCUT2D eigenvalue weighted by Crippen LogP contribution is 2.17. The number of fused-ring (bicyclic) bond motifs is 1. The highest BCUT2D eigenvalue weighted by Gasteiger charge is 1.91. The van der Waals surface area contributed by atoms with Gasteiger partial charge in [-0.05, 0) is 24.4 Å². The maximum absolute atomic E-state index is 9.37. The Kier molecular flexibility index (Phi) is 4.45. The second-order valence-corrected chi connectivity index (χ2v) is 4.48. The summed E-state index contributed by atoms with van der Waals surface area (Å²) in [6.07, 6.45) is 0.222. The molecule has 0 aliphatic carbocycles. The van der Waals surface area contributed by atoms with Crippen molar-refractivity contribution in [3.63, 3.8) is 0 Å². The van der Waals surface area contributed by atoms with Gasteiger partial charge in [0.1, 0.15) is 0 Å². The van der Waals surface area contributed by atoms with Crippen molar-refractivity contribution in [2.45, 2.75) is 13.3 Å². The van der Waals surface area contributed by atoms with Crippen molar-refractivity contribution in [2.24, 2.45) is 0 Å². The van der Waals surface area contributed by atoms with Gasteiger partial charge >= 0.3 is 5.97 Å². The fourth-order valence-corrected chi connectivity index (χ4v) is 2.01. The van der Waals surface area contributed by atoms with Gasteiger partial charge in [0.05, 0.1) is 10.2 Å². The summed E-state index contributed by atoms with van der Waals surface area (Å²) in [5, 5.41) is 7.72. The normalized spacial score (nSPS) is 9.40. The van der Waals surface area contributed by atoms with Crippen LogP contribution in [0.2, 0.25) is 0 Å². The predicted octanol–water partition coefficient (Wildman–Crippen LogP) is 3.44. The summed E-state index contributed by atoms with van der Waals surface area (Å²) in [6, 6.07) is 8.11. The molecule has 3 nitrogen and oxygen atoms in total. The van der Waals surface area contributed by atoms with E-state index in [1.807, 2.05) is 18.2 Å². The van der Waals surface area contributed by atoms with Gasteiger partial charge in [-0.25, -0.2) is 0 Å². The fourth-order valence-electron chi connectivity index (χ4n) is 0.894. The molecule has 2 rings (SSSR count). The number of aliphatic carboxylic acids is 1. The molecule has 0 aliphatic heterocycles. The number of nitrogens with one attached hydrogen (secondary N) is 1. The van der Waals surface area contributed by atoms with Gasteiger partial charge < -0.3 is 10.1 Å². The number of carbonyl (C=O) groups is 1. The van der Waals surface area contributed by atoms with Crippen LogP contribution in [0.1, 0.15) is 13.3 Å². The summed E-state index contributed by atoms with van der Waals surface area (Å²) in [5.41, 5.74) is 1.14. The SMILES string of the molecule is CCC(=O)O.S=c1[nH]c2ccccc2s1. The first-order valence-electron chi connectivity index (χ1n) is 4.43. The first kappa shape index (κ1) is 11.9. The van der Waals surface area contributed by atoms with Gasteiger partial charge in [0.2, 0.25) is 0 Å². The Balaban J connectivity index is 0.000000195. The topological polar surface area (TPSA) is 53.1 Å². The van der Waals surface area contributed by atoms with Gasteiger partial charge in [-0.15, -0.1) is 11.3 Å². The fraction of sp³-hybridized carbons (Fsp3) is 0.200. The molecule has 0 amide bonds. The van der Waals surface area contributed by atoms with E-state index < -0.39 is 5.97 Å². The summed E-state index contributed by atoms with van der Waals surface area (Å²) in [5.74, 6) is -0.745. The molecular formula is C10H11NO2S2. The van der Waals surface area contributed by atoms with Crippen LogP contribution < -0.4 is 0 Å². The molecular weight excluding hydrogens is 230 g/mol. The quantitative estimate of drug-likeness (QED) is 0.752. The number of aromatic nitrogens is 1. The van der Waals surface area contributed by atoms with Gasteiger partial charge in [-0.1, -0.05) is 19.1 Å². The molecule has 1 heterocycles. The third-order valence-electron chi connectivity index (χ3n) is 1.63. The number of hydrogen-bond acceptors (Lipinski definition) is 3. The van der Waals surface area contributed by atoms with Crippen LogP contribution in [0.5, 0.6) is 0 Å². The number of carboxylic acid groups (broad SMARTS) is 1. The third kappa shape index (κ3) is 3.81. The Labute approximate surface area is 96.4 Å². The van der Waals surface area contributed by atoms with Gasteiger partial charge in [0.15, 0.2) is 3.95 Å². The van der Waals surface area contributed by atoms with E-state index in [1.165, 1.54) is 4.70 Å². The van der Waals surface area contributed by atoms with Crippen LogP contribution in [0, 0.1) is 3.95 Å². The number of rotatable bonds is 1. The molecule has 15 heavy (non-hydrogen) atoms. The molecule has 2 aromatic rings. The second-order valence-electron chi connectivity index (χ2n) is 2.76. The van der Waals surface area contributed by atoms with Crippen molar-refractivity contribution in [2.75, 3.05) is 0 Å². The van der Waals surface area contributed by atoms with Crippen LogP contribution in [0.15, 0.2) is 24.3 Å². The molecule has 80 valence electrons. The summed E-state index contributed by atoms with van der Waals surface area (Å²) >= 11 is 6.59. The number of aromatic amines is 1. The molecule has 2 N–H and O–H groups in total. The van der Waals surface area contributed by atoms with E-state index in [0.29, 0.717) is 0 Å². The molecule has 0 saturated carbocycles. The third-order valence-corrected chi connectivity index (χ3v) is 2.84. The minimum atomic E-state index is -0.745. The number of benzene rings is 1. The molecule has 0 aliphatic rings. The van der Waals surface area contributed by atoms with Crippen LogP contribution in [-0.2, 0) is 4.79 Å². The lowest BCUT2D eigenvalue weighted by Gasteiger charge is -1.81. The Morgan fingerprint density at radius 3 is 2.67 bits per heavy atom. The molecule has 0 fully saturated rings. The molecule has 0 atom stereocenters. The summed E-state index contributed by atoms with van der Waals surface area (Å²) in [7, 11) is 0. The van der Waals surface area contributed by atoms with E-state index in [9.17, 15) is 4.79 Å². The van der Waals surface area contributed by atoms with E-state index in [4.69, 9.17) is 17.3 Å².